The van der Waals surface area contributed by atoms with Crippen molar-refractivity contribution >= 4 is 34.0 Å². The molecule has 1 aliphatic heterocycles. The highest BCUT2D eigenvalue weighted by Gasteiger charge is 2.20. The number of rotatable bonds is 4. The second-order valence-corrected chi connectivity index (χ2v) is 8.78. The molecule has 1 amide bonds. The summed E-state index contributed by atoms with van der Waals surface area (Å²) in [6, 6.07) is 16.6. The minimum Gasteiger partial charge on any atom is -0.353 e. The Bertz CT molecular complexity index is 1510. The number of piperazine rings is 1. The number of amides is 1. The summed E-state index contributed by atoms with van der Waals surface area (Å²) in [7, 11) is 1.94. The van der Waals surface area contributed by atoms with E-state index in [4.69, 9.17) is 10.1 Å². The number of pyridine rings is 1. The van der Waals surface area contributed by atoms with Crippen LogP contribution >= 0.6 is 0 Å². The van der Waals surface area contributed by atoms with E-state index in [1.165, 1.54) is 0 Å². The number of aromatic nitrogens is 5. The lowest BCUT2D eigenvalue weighted by Crippen LogP contribution is -2.46. The van der Waals surface area contributed by atoms with Crippen molar-refractivity contribution in [2.75, 3.05) is 31.1 Å². The second-order valence-electron chi connectivity index (χ2n) is 8.78. The van der Waals surface area contributed by atoms with Crippen molar-refractivity contribution in [3.63, 3.8) is 0 Å². The van der Waals surface area contributed by atoms with E-state index in [1.54, 1.807) is 4.90 Å². The average molecular weight is 452 g/mol. The van der Waals surface area contributed by atoms with Crippen molar-refractivity contribution < 1.29 is 4.79 Å². The van der Waals surface area contributed by atoms with E-state index in [9.17, 15) is 4.79 Å². The highest BCUT2D eigenvalue weighted by atomic mass is 16.1. The Hall–Kier alpha value is -4.20. The fourth-order valence-corrected chi connectivity index (χ4v) is 4.84. The van der Waals surface area contributed by atoms with Crippen LogP contribution < -0.4 is 4.90 Å². The van der Waals surface area contributed by atoms with Crippen LogP contribution in [0.1, 0.15) is 5.56 Å². The Labute approximate surface area is 197 Å². The van der Waals surface area contributed by atoms with Gasteiger partial charge >= 0.3 is 0 Å². The molecule has 0 bridgehead atoms. The predicted octanol–water partition coefficient (Wildman–Crippen LogP) is 3.56. The lowest BCUT2D eigenvalue weighted by molar-refractivity contribution is -0.118. The van der Waals surface area contributed by atoms with Gasteiger partial charge in [-0.05, 0) is 30.7 Å². The third kappa shape index (κ3) is 3.30. The predicted molar refractivity (Wildman–Crippen MR) is 133 cm³/mol. The maximum atomic E-state index is 11.0. The van der Waals surface area contributed by atoms with Crippen molar-refractivity contribution in [3.05, 3.63) is 66.5 Å². The summed E-state index contributed by atoms with van der Waals surface area (Å²) < 4.78 is 3.84. The van der Waals surface area contributed by atoms with Crippen LogP contribution in [-0.4, -0.2) is 62.0 Å². The van der Waals surface area contributed by atoms with Gasteiger partial charge in [-0.3, -0.25) is 9.48 Å². The third-order valence-corrected chi connectivity index (χ3v) is 6.59. The molecular weight excluding hydrogens is 426 g/mol. The Kier molecular flexibility index (Phi) is 4.79. The molecule has 0 spiro atoms. The van der Waals surface area contributed by atoms with E-state index in [0.29, 0.717) is 0 Å². The zero-order valence-corrected chi connectivity index (χ0v) is 19.2. The number of anilines is 1. The van der Waals surface area contributed by atoms with Crippen LogP contribution in [0.3, 0.4) is 0 Å². The molecule has 8 nitrogen and oxygen atoms in total. The minimum absolute atomic E-state index is 0.721. The lowest BCUT2D eigenvalue weighted by Gasteiger charge is -2.33. The molecule has 0 N–H and O–H groups in total. The summed E-state index contributed by atoms with van der Waals surface area (Å²) >= 11 is 0. The molecular formula is C26H25N7O. The molecule has 1 saturated heterocycles. The maximum Gasteiger partial charge on any atom is 0.209 e. The molecule has 0 unspecified atom stereocenters. The Balaban J connectivity index is 1.44. The van der Waals surface area contributed by atoms with Gasteiger partial charge in [0.1, 0.15) is 11.5 Å². The van der Waals surface area contributed by atoms with Crippen LogP contribution in [0.2, 0.25) is 0 Å². The largest absolute Gasteiger partial charge is 0.353 e. The minimum atomic E-state index is 0.721. The van der Waals surface area contributed by atoms with Crippen molar-refractivity contribution in [1.29, 1.82) is 0 Å². The van der Waals surface area contributed by atoms with E-state index in [0.717, 1.165) is 82.7 Å². The van der Waals surface area contributed by atoms with Gasteiger partial charge < -0.3 is 9.80 Å². The molecule has 1 fully saturated rings. The van der Waals surface area contributed by atoms with Gasteiger partial charge in [-0.1, -0.05) is 30.3 Å². The highest BCUT2D eigenvalue weighted by molar-refractivity contribution is 6.03. The van der Waals surface area contributed by atoms with Crippen molar-refractivity contribution in [3.8, 4) is 16.9 Å². The summed E-state index contributed by atoms with van der Waals surface area (Å²) in [4.78, 5) is 19.8. The number of aryl methyl sites for hydroxylation is 2. The lowest BCUT2D eigenvalue weighted by atomic mass is 10.0. The first kappa shape index (κ1) is 20.4. The molecule has 34 heavy (non-hydrogen) atoms. The van der Waals surface area contributed by atoms with Gasteiger partial charge in [0.15, 0.2) is 0 Å². The Morgan fingerprint density at radius 2 is 1.74 bits per heavy atom. The number of carbonyl (C=O) groups excluding carboxylic acids is 1. The normalized spacial score (nSPS) is 14.3. The molecule has 8 heteroatoms. The molecule has 0 saturated carbocycles. The number of hydrogen-bond acceptors (Lipinski definition) is 5. The quantitative estimate of drug-likeness (QED) is 0.391. The highest BCUT2D eigenvalue weighted by Crippen LogP contribution is 2.35. The number of para-hydroxylation sites is 1. The van der Waals surface area contributed by atoms with Crippen LogP contribution in [0, 0.1) is 6.92 Å². The molecule has 1 aliphatic rings. The van der Waals surface area contributed by atoms with Gasteiger partial charge in [0.25, 0.3) is 0 Å². The van der Waals surface area contributed by atoms with Crippen LogP contribution in [0.25, 0.3) is 38.8 Å². The molecule has 0 radical (unpaired) electrons. The van der Waals surface area contributed by atoms with Crippen molar-refractivity contribution in [1.82, 2.24) is 29.4 Å². The first-order valence-corrected chi connectivity index (χ1v) is 11.4. The second kappa shape index (κ2) is 7.98. The van der Waals surface area contributed by atoms with E-state index in [1.807, 2.05) is 47.0 Å². The van der Waals surface area contributed by atoms with Gasteiger partial charge in [-0.15, -0.1) is 0 Å². The first-order valence-electron chi connectivity index (χ1n) is 11.4. The molecule has 6 rings (SSSR count). The van der Waals surface area contributed by atoms with Gasteiger partial charge in [0.2, 0.25) is 6.41 Å². The van der Waals surface area contributed by atoms with E-state index in [2.05, 4.69) is 47.3 Å². The molecule has 4 heterocycles. The van der Waals surface area contributed by atoms with Crippen LogP contribution in [-0.2, 0) is 11.8 Å². The number of hydrogen-bond donors (Lipinski definition) is 0. The maximum absolute atomic E-state index is 11.0. The summed E-state index contributed by atoms with van der Waals surface area (Å²) in [6.07, 6.45) is 4.85. The molecule has 5 aromatic rings. The summed E-state index contributed by atoms with van der Waals surface area (Å²) in [6.45, 7) is 5.13. The summed E-state index contributed by atoms with van der Waals surface area (Å²) in [5.74, 6) is 0.919. The SMILES string of the molecule is Cc1cccc2c(-c3cccc4nn(C)cc34)nn(-c3ccc(N4CCN(C=O)CC4)nc3)c12. The van der Waals surface area contributed by atoms with Crippen LogP contribution in [0.4, 0.5) is 5.82 Å². The topological polar surface area (TPSA) is 72.1 Å². The zero-order chi connectivity index (χ0) is 23.2. The number of benzene rings is 2. The summed E-state index contributed by atoms with van der Waals surface area (Å²) in [5.41, 5.74) is 6.11. The van der Waals surface area contributed by atoms with Gasteiger partial charge in [0.05, 0.1) is 22.9 Å². The first-order chi connectivity index (χ1) is 16.6. The van der Waals surface area contributed by atoms with Crippen molar-refractivity contribution in [2.45, 2.75) is 6.92 Å². The number of nitrogens with zero attached hydrogens (tertiary/aromatic N) is 7. The van der Waals surface area contributed by atoms with Crippen LogP contribution in [0.5, 0.6) is 0 Å². The van der Waals surface area contributed by atoms with Gasteiger partial charge in [-0.25, -0.2) is 9.67 Å². The zero-order valence-electron chi connectivity index (χ0n) is 19.2. The third-order valence-electron chi connectivity index (χ3n) is 6.59. The average Bonchev–Trinajstić information content (AvgIpc) is 3.45. The fourth-order valence-electron chi connectivity index (χ4n) is 4.84. The molecule has 0 aliphatic carbocycles. The standard InChI is InChI=1S/C26H25N7O/c1-18-5-3-7-21-25(20-6-4-8-23-22(20)16-30(2)28-23)29-33(26(18)21)19-9-10-24(27-15-19)32-13-11-31(17-34)12-14-32/h3-10,15-17H,11-14H2,1-2H3. The van der Waals surface area contributed by atoms with E-state index >= 15 is 0 Å². The number of fused-ring (bicyclic) bond motifs is 2. The Morgan fingerprint density at radius 3 is 2.50 bits per heavy atom. The monoisotopic (exact) mass is 451 g/mol. The molecule has 0 atom stereocenters. The van der Waals surface area contributed by atoms with Crippen molar-refractivity contribution in [2.24, 2.45) is 7.05 Å². The van der Waals surface area contributed by atoms with Crippen LogP contribution in [0.15, 0.2) is 60.9 Å². The molecule has 3 aromatic heterocycles. The fraction of sp³-hybridized carbons (Fsp3) is 0.231. The van der Waals surface area contributed by atoms with E-state index < -0.39 is 0 Å². The Morgan fingerprint density at radius 1 is 0.912 bits per heavy atom. The van der Waals surface area contributed by atoms with Gasteiger partial charge in [-0.2, -0.15) is 10.2 Å². The number of carbonyl (C=O) groups is 1. The van der Waals surface area contributed by atoms with Gasteiger partial charge in [0, 0.05) is 55.8 Å². The summed E-state index contributed by atoms with van der Waals surface area (Å²) in [5, 5.41) is 11.9. The van der Waals surface area contributed by atoms with E-state index in [-0.39, 0.29) is 0 Å². The molecule has 2 aromatic carbocycles. The molecule has 170 valence electrons. The smallest absolute Gasteiger partial charge is 0.209 e.